The first kappa shape index (κ1) is 17.2. The van der Waals surface area contributed by atoms with E-state index in [4.69, 9.17) is 11.6 Å². The van der Waals surface area contributed by atoms with Crippen molar-refractivity contribution < 1.29 is 4.79 Å². The van der Waals surface area contributed by atoms with Gasteiger partial charge in [-0.05, 0) is 29.8 Å². The molecule has 5 nitrogen and oxygen atoms in total. The Kier molecular flexibility index (Phi) is 4.38. The number of amides is 1. The lowest BCUT2D eigenvalue weighted by atomic mass is 10.0. The fourth-order valence-electron chi connectivity index (χ4n) is 3.16. The van der Waals surface area contributed by atoms with Crippen molar-refractivity contribution in [3.63, 3.8) is 0 Å². The van der Waals surface area contributed by atoms with Crippen molar-refractivity contribution in [1.82, 2.24) is 19.9 Å². The number of carbonyl (C=O) groups is 1. The van der Waals surface area contributed by atoms with Crippen molar-refractivity contribution in [2.24, 2.45) is 0 Å². The molecule has 27 heavy (non-hydrogen) atoms. The van der Waals surface area contributed by atoms with Gasteiger partial charge in [-0.15, -0.1) is 6.58 Å². The number of aromatic nitrogens is 3. The summed E-state index contributed by atoms with van der Waals surface area (Å²) in [6.07, 6.45) is 6.88. The van der Waals surface area contributed by atoms with Gasteiger partial charge in [0.05, 0.1) is 16.1 Å². The monoisotopic (exact) mass is 376 g/mol. The lowest BCUT2D eigenvalue weighted by Gasteiger charge is -2.14. The molecule has 0 aliphatic rings. The van der Waals surface area contributed by atoms with Crippen LogP contribution in [0.3, 0.4) is 0 Å². The smallest absolute Gasteiger partial charge is 0.255 e. The molecule has 1 aromatic carbocycles. The number of likely N-dealkylation sites (N-methyl/N-ethyl adjacent to an activating group) is 1. The number of hydrogen-bond acceptors (Lipinski definition) is 3. The predicted octanol–water partition coefficient (Wildman–Crippen LogP) is 4.69. The maximum absolute atomic E-state index is 12.6. The zero-order valence-electron chi connectivity index (χ0n) is 14.7. The largest absolute Gasteiger partial charge is 0.346 e. The first-order valence-corrected chi connectivity index (χ1v) is 8.84. The van der Waals surface area contributed by atoms with E-state index in [0.29, 0.717) is 17.1 Å². The lowest BCUT2D eigenvalue weighted by Crippen LogP contribution is -2.26. The van der Waals surface area contributed by atoms with Crippen LogP contribution in [-0.2, 0) is 0 Å². The van der Waals surface area contributed by atoms with Crippen molar-refractivity contribution >= 4 is 39.4 Å². The van der Waals surface area contributed by atoms with Gasteiger partial charge in [0.1, 0.15) is 5.65 Å². The molecule has 1 amide bonds. The minimum Gasteiger partial charge on any atom is -0.346 e. The van der Waals surface area contributed by atoms with Gasteiger partial charge in [0.2, 0.25) is 0 Å². The minimum absolute atomic E-state index is 0.0998. The van der Waals surface area contributed by atoms with Crippen LogP contribution in [0, 0.1) is 0 Å². The highest BCUT2D eigenvalue weighted by atomic mass is 35.5. The lowest BCUT2D eigenvalue weighted by molar-refractivity contribution is 0.0810. The molecule has 134 valence electrons. The molecule has 0 saturated carbocycles. The Bertz CT molecular complexity index is 1180. The quantitative estimate of drug-likeness (QED) is 0.525. The topological polar surface area (TPSA) is 61.9 Å². The van der Waals surface area contributed by atoms with E-state index in [2.05, 4.69) is 21.5 Å². The number of aromatic amines is 1. The summed E-state index contributed by atoms with van der Waals surface area (Å²) in [7, 11) is 1.74. The Hall–Kier alpha value is -3.18. The zero-order valence-corrected chi connectivity index (χ0v) is 15.5. The van der Waals surface area contributed by atoms with Crippen LogP contribution in [0.1, 0.15) is 10.4 Å². The molecule has 0 radical (unpaired) electrons. The Morgan fingerprint density at radius 2 is 2.19 bits per heavy atom. The third kappa shape index (κ3) is 3.06. The fourth-order valence-corrected chi connectivity index (χ4v) is 3.43. The molecule has 0 saturated heterocycles. The highest BCUT2D eigenvalue weighted by Gasteiger charge is 2.15. The summed E-state index contributed by atoms with van der Waals surface area (Å²) in [5, 5.41) is 2.41. The number of fused-ring (bicyclic) bond motifs is 2. The SMILES string of the molecule is C=CCN(C)C(=O)c1cnc2[nH]cc(-c3cc(Cl)c4ncccc4c3)c2c1. The maximum atomic E-state index is 12.6. The summed E-state index contributed by atoms with van der Waals surface area (Å²) >= 11 is 6.43. The second-order valence-corrected chi connectivity index (χ2v) is 6.74. The molecule has 3 aromatic heterocycles. The number of pyridine rings is 2. The van der Waals surface area contributed by atoms with Crippen molar-refractivity contribution in [2.75, 3.05) is 13.6 Å². The first-order valence-electron chi connectivity index (χ1n) is 8.46. The van der Waals surface area contributed by atoms with Gasteiger partial charge >= 0.3 is 0 Å². The van der Waals surface area contributed by atoms with Gasteiger partial charge in [0.25, 0.3) is 5.91 Å². The molecule has 1 N–H and O–H groups in total. The van der Waals surface area contributed by atoms with E-state index < -0.39 is 0 Å². The van der Waals surface area contributed by atoms with E-state index in [1.165, 1.54) is 0 Å². The Morgan fingerprint density at radius 1 is 1.33 bits per heavy atom. The third-order valence-electron chi connectivity index (χ3n) is 4.50. The molecule has 4 rings (SSSR count). The van der Waals surface area contributed by atoms with Gasteiger partial charge in [-0.2, -0.15) is 0 Å². The van der Waals surface area contributed by atoms with Gasteiger partial charge in [0.15, 0.2) is 0 Å². The molecular weight excluding hydrogens is 360 g/mol. The molecular formula is C21H17ClN4O. The number of halogens is 1. The van der Waals surface area contributed by atoms with Gasteiger partial charge < -0.3 is 9.88 Å². The zero-order chi connectivity index (χ0) is 19.0. The standard InChI is InChI=1S/C21H17ClN4O/c1-3-7-26(2)21(27)15-9-16-17(12-25-20(16)24-11-15)14-8-13-5-4-6-23-19(13)18(22)10-14/h3-6,8-12H,1,7H2,2H3,(H,24,25). The van der Waals surface area contributed by atoms with Crippen LogP contribution >= 0.6 is 11.6 Å². The van der Waals surface area contributed by atoms with Gasteiger partial charge in [-0.1, -0.05) is 23.7 Å². The summed E-state index contributed by atoms with van der Waals surface area (Å²) in [6.45, 7) is 4.15. The Balaban J connectivity index is 1.84. The highest BCUT2D eigenvalue weighted by Crippen LogP contribution is 2.33. The summed E-state index contributed by atoms with van der Waals surface area (Å²) in [5.41, 5.74) is 3.89. The third-order valence-corrected chi connectivity index (χ3v) is 4.79. The number of nitrogens with one attached hydrogen (secondary N) is 1. The average molecular weight is 377 g/mol. The van der Waals surface area contributed by atoms with Crippen LogP contribution in [0.15, 0.2) is 61.6 Å². The normalized spacial score (nSPS) is 11.0. The molecule has 0 aliphatic carbocycles. The molecule has 6 heteroatoms. The van der Waals surface area contributed by atoms with Crippen LogP contribution < -0.4 is 0 Å². The number of carbonyl (C=O) groups excluding carboxylic acids is 1. The van der Waals surface area contributed by atoms with Crippen LogP contribution in [0.25, 0.3) is 33.1 Å². The van der Waals surface area contributed by atoms with Crippen LogP contribution in [0.4, 0.5) is 0 Å². The van der Waals surface area contributed by atoms with E-state index in [1.54, 1.807) is 30.4 Å². The van der Waals surface area contributed by atoms with E-state index in [9.17, 15) is 4.79 Å². The predicted molar refractivity (Wildman–Crippen MR) is 109 cm³/mol. The van der Waals surface area contributed by atoms with E-state index >= 15 is 0 Å². The van der Waals surface area contributed by atoms with Crippen molar-refractivity contribution in [3.8, 4) is 11.1 Å². The molecule has 0 aliphatic heterocycles. The van der Waals surface area contributed by atoms with Crippen molar-refractivity contribution in [3.05, 3.63) is 72.2 Å². The van der Waals surface area contributed by atoms with Gasteiger partial charge in [0, 0.05) is 48.5 Å². The summed E-state index contributed by atoms with van der Waals surface area (Å²) < 4.78 is 0. The Morgan fingerprint density at radius 3 is 3.00 bits per heavy atom. The molecule has 4 aromatic rings. The summed E-state index contributed by atoms with van der Waals surface area (Å²) in [4.78, 5) is 26.1. The van der Waals surface area contributed by atoms with E-state index in [-0.39, 0.29) is 5.91 Å². The molecule has 0 atom stereocenters. The van der Waals surface area contributed by atoms with Crippen LogP contribution in [-0.4, -0.2) is 39.4 Å². The Labute approximate surface area is 161 Å². The molecule has 0 unspecified atom stereocenters. The maximum Gasteiger partial charge on any atom is 0.255 e. The summed E-state index contributed by atoms with van der Waals surface area (Å²) in [5.74, 6) is -0.0998. The van der Waals surface area contributed by atoms with Gasteiger partial charge in [-0.3, -0.25) is 9.78 Å². The van der Waals surface area contributed by atoms with Crippen molar-refractivity contribution in [2.45, 2.75) is 0 Å². The van der Waals surface area contributed by atoms with Crippen LogP contribution in [0.2, 0.25) is 5.02 Å². The number of H-pyrrole nitrogens is 1. The second kappa shape index (κ2) is 6.85. The second-order valence-electron chi connectivity index (χ2n) is 6.33. The number of nitrogens with zero attached hydrogens (tertiary/aromatic N) is 3. The van der Waals surface area contributed by atoms with Crippen LogP contribution in [0.5, 0.6) is 0 Å². The molecule has 3 heterocycles. The average Bonchev–Trinajstić information content (AvgIpc) is 3.10. The molecule has 0 bridgehead atoms. The number of benzene rings is 1. The molecule has 0 fully saturated rings. The van der Waals surface area contributed by atoms with Gasteiger partial charge in [-0.25, -0.2) is 4.98 Å². The minimum atomic E-state index is -0.0998. The number of hydrogen-bond donors (Lipinski definition) is 1. The highest BCUT2D eigenvalue weighted by molar-refractivity contribution is 6.35. The van der Waals surface area contributed by atoms with Crippen molar-refractivity contribution in [1.29, 1.82) is 0 Å². The first-order chi connectivity index (χ1) is 13.1. The number of rotatable bonds is 4. The van der Waals surface area contributed by atoms with E-state index in [0.717, 1.165) is 33.1 Å². The summed E-state index contributed by atoms with van der Waals surface area (Å²) in [6, 6.07) is 9.64. The molecule has 0 spiro atoms. The van der Waals surface area contributed by atoms with E-state index in [1.807, 2.05) is 36.5 Å². The fraction of sp³-hybridized carbons (Fsp3) is 0.0952.